The molecule has 1 saturated heterocycles. The maximum Gasteiger partial charge on any atom is 0.411 e. The highest BCUT2D eigenvalue weighted by atomic mass is 32.2. The van der Waals surface area contributed by atoms with Crippen LogP contribution in [0.15, 0.2) is 42.6 Å². The van der Waals surface area contributed by atoms with Crippen molar-refractivity contribution in [1.82, 2.24) is 24.8 Å². The van der Waals surface area contributed by atoms with E-state index in [1.165, 1.54) is 13.1 Å². The minimum atomic E-state index is -5.09. The fraction of sp³-hybridized carbons (Fsp3) is 0.615. The Kier molecular flexibility index (Phi) is 11.5. The monoisotopic (exact) mass is 821 g/mol. The highest BCUT2D eigenvalue weighted by molar-refractivity contribution is 7.91. The van der Waals surface area contributed by atoms with Crippen molar-refractivity contribution >= 4 is 44.6 Å². The first-order valence-electron chi connectivity index (χ1n) is 19.3. The van der Waals surface area contributed by atoms with Crippen molar-refractivity contribution in [2.24, 2.45) is 17.8 Å². The number of amides is 4. The normalized spacial score (nSPS) is 28.7. The molecular formula is C39H50F3N5O9S. The van der Waals surface area contributed by atoms with Gasteiger partial charge in [-0.1, -0.05) is 44.2 Å². The number of aromatic nitrogens is 1. The molecule has 0 radical (unpaired) electrons. The third kappa shape index (κ3) is 8.37. The second kappa shape index (κ2) is 15.6. The molecule has 1 aromatic carbocycles. The van der Waals surface area contributed by atoms with Gasteiger partial charge in [-0.15, -0.1) is 0 Å². The van der Waals surface area contributed by atoms with Gasteiger partial charge >= 0.3 is 12.3 Å². The standard InChI is InChI=1S/C39H50F3N5O9S/c1-6-55-30-20-43-33(28-14-10-9-13-27(28)30)56-25-18-29-32(48)44-38(35(50)45-57(53,54)26-15-16-26)19-24(38)12-8-7-11-22(2)17-23(3)31(34(49)46(29)21-25)47(36(51)52)37(4,5)39(40,41)42/h8-10,12-14,20,22-26,29,31H,6-7,11,15-19,21H2,1-5H3,(H,44,48)(H,45,50)(H,51,52)/t22-,23-,24-,25-,29+,31+,38-/m1/s1. The van der Waals surface area contributed by atoms with Crippen LogP contribution in [0, 0.1) is 17.8 Å². The number of carbonyl (C=O) groups is 4. The van der Waals surface area contributed by atoms with Crippen LogP contribution in [-0.4, -0.2) is 106 Å². The van der Waals surface area contributed by atoms with E-state index in [9.17, 15) is 45.9 Å². The zero-order chi connectivity index (χ0) is 41.7. The van der Waals surface area contributed by atoms with E-state index >= 15 is 0 Å². The van der Waals surface area contributed by atoms with Gasteiger partial charge in [-0.3, -0.25) is 24.0 Å². The Bertz CT molecular complexity index is 2040. The number of fused-ring (bicyclic) bond motifs is 3. The summed E-state index contributed by atoms with van der Waals surface area (Å²) in [6, 6.07) is 3.74. The minimum absolute atomic E-state index is 0.0612. The number of halogens is 3. The smallest absolute Gasteiger partial charge is 0.411 e. The molecule has 7 atom stereocenters. The van der Waals surface area contributed by atoms with Gasteiger partial charge < -0.3 is 24.8 Å². The molecular weight excluding hydrogens is 772 g/mol. The number of nitrogens with one attached hydrogen (secondary N) is 2. The molecule has 312 valence electrons. The van der Waals surface area contributed by atoms with Gasteiger partial charge in [0.2, 0.25) is 27.7 Å². The van der Waals surface area contributed by atoms with Crippen molar-refractivity contribution < 1.29 is 55.3 Å². The lowest BCUT2D eigenvalue weighted by Crippen LogP contribution is -2.66. The van der Waals surface area contributed by atoms with Gasteiger partial charge in [0, 0.05) is 23.1 Å². The number of alkyl halides is 3. The number of carboxylic acid groups (broad SMARTS) is 1. The number of benzene rings is 1. The van der Waals surface area contributed by atoms with Crippen molar-refractivity contribution in [3.8, 4) is 11.6 Å². The molecule has 4 aliphatic rings. The Balaban J connectivity index is 1.42. The molecule has 0 bridgehead atoms. The Morgan fingerprint density at radius 3 is 2.42 bits per heavy atom. The van der Waals surface area contributed by atoms with Crippen LogP contribution in [-0.2, 0) is 24.4 Å². The number of sulfonamides is 1. The molecule has 1 aromatic heterocycles. The van der Waals surface area contributed by atoms with E-state index in [1.807, 2.05) is 13.8 Å². The van der Waals surface area contributed by atoms with Crippen molar-refractivity contribution in [1.29, 1.82) is 0 Å². The van der Waals surface area contributed by atoms with E-state index in [-0.39, 0.29) is 42.5 Å². The zero-order valence-electron chi connectivity index (χ0n) is 32.5. The maximum absolute atomic E-state index is 15.0. The summed E-state index contributed by atoms with van der Waals surface area (Å²) in [6.45, 7) is 6.59. The lowest BCUT2D eigenvalue weighted by Gasteiger charge is -2.45. The molecule has 0 unspecified atom stereocenters. The quantitative estimate of drug-likeness (QED) is 0.286. The largest absolute Gasteiger partial charge is 0.492 e. The predicted octanol–water partition coefficient (Wildman–Crippen LogP) is 5.17. The fourth-order valence-corrected chi connectivity index (χ4v) is 9.51. The van der Waals surface area contributed by atoms with Gasteiger partial charge in [0.15, 0.2) is 0 Å². The summed E-state index contributed by atoms with van der Waals surface area (Å²) in [7, 11) is -4.02. The highest BCUT2D eigenvalue weighted by Crippen LogP contribution is 2.47. The van der Waals surface area contributed by atoms with Crippen LogP contribution in [0.3, 0.4) is 0 Å². The first-order chi connectivity index (χ1) is 26.7. The number of pyridine rings is 1. The molecule has 2 aliphatic heterocycles. The van der Waals surface area contributed by atoms with Gasteiger partial charge in [-0.05, 0) is 77.2 Å². The first kappa shape index (κ1) is 42.0. The molecule has 6 rings (SSSR count). The molecule has 0 spiro atoms. The van der Waals surface area contributed by atoms with E-state index in [0.717, 1.165) is 4.90 Å². The van der Waals surface area contributed by atoms with Gasteiger partial charge in [0.1, 0.15) is 35.0 Å². The van der Waals surface area contributed by atoms with E-state index < -0.39 is 86.4 Å². The van der Waals surface area contributed by atoms with E-state index in [2.05, 4.69) is 15.0 Å². The molecule has 14 nitrogen and oxygen atoms in total. The Hall–Kier alpha value is -4.61. The summed E-state index contributed by atoms with van der Waals surface area (Å²) >= 11 is 0. The number of rotatable bonds is 9. The van der Waals surface area contributed by atoms with Crippen LogP contribution in [0.1, 0.15) is 79.6 Å². The molecule has 18 heteroatoms. The van der Waals surface area contributed by atoms with Crippen LogP contribution in [0.25, 0.3) is 10.8 Å². The predicted molar refractivity (Wildman–Crippen MR) is 202 cm³/mol. The van der Waals surface area contributed by atoms with E-state index in [4.69, 9.17) is 9.47 Å². The molecule has 3 fully saturated rings. The molecule has 57 heavy (non-hydrogen) atoms. The molecule has 3 N–H and O–H groups in total. The summed E-state index contributed by atoms with van der Waals surface area (Å²) in [5, 5.41) is 13.7. The SMILES string of the molecule is CCOc1cnc(O[C@@H]2C[C@H]3C(=O)N[C@]4(C(=O)NS(=O)(=O)C5CC5)C[C@H]4C=CCC[C@@H](C)C[C@@H](C)[C@H](N(C(=O)O)C(C)(C)C(F)(F)F)C(=O)N3C2)c2ccccc12. The number of carbonyl (C=O) groups excluding carboxylic acids is 3. The maximum atomic E-state index is 15.0. The van der Waals surface area contributed by atoms with Crippen LogP contribution in [0.5, 0.6) is 11.6 Å². The fourth-order valence-electron chi connectivity index (χ4n) is 8.15. The third-order valence-corrected chi connectivity index (χ3v) is 13.5. The summed E-state index contributed by atoms with van der Waals surface area (Å²) < 4.78 is 84.0. The zero-order valence-corrected chi connectivity index (χ0v) is 33.4. The lowest BCUT2D eigenvalue weighted by atomic mass is 9.85. The summed E-state index contributed by atoms with van der Waals surface area (Å²) in [4.78, 5) is 61.8. The van der Waals surface area contributed by atoms with Gasteiger partial charge in [-0.25, -0.2) is 18.2 Å². The first-order valence-corrected chi connectivity index (χ1v) is 20.9. The minimum Gasteiger partial charge on any atom is -0.492 e. The van der Waals surface area contributed by atoms with Crippen molar-refractivity contribution in [2.75, 3.05) is 13.2 Å². The Labute approximate surface area is 329 Å². The van der Waals surface area contributed by atoms with Crippen LogP contribution >= 0.6 is 0 Å². The van der Waals surface area contributed by atoms with Gasteiger partial charge in [0.05, 0.1) is 24.6 Å². The van der Waals surface area contributed by atoms with Crippen molar-refractivity contribution in [3.63, 3.8) is 0 Å². The van der Waals surface area contributed by atoms with Gasteiger partial charge in [0.25, 0.3) is 5.91 Å². The molecule has 2 saturated carbocycles. The number of nitrogens with zero attached hydrogens (tertiary/aromatic N) is 3. The number of allylic oxidation sites excluding steroid dienone is 1. The van der Waals surface area contributed by atoms with E-state index in [0.29, 0.717) is 62.7 Å². The molecule has 4 amide bonds. The van der Waals surface area contributed by atoms with Crippen LogP contribution in [0.2, 0.25) is 0 Å². The highest BCUT2D eigenvalue weighted by Gasteiger charge is 2.63. The topological polar surface area (TPSA) is 185 Å². The van der Waals surface area contributed by atoms with E-state index in [1.54, 1.807) is 36.4 Å². The number of ether oxygens (including phenoxy) is 2. The van der Waals surface area contributed by atoms with Crippen LogP contribution < -0.4 is 19.5 Å². The average molecular weight is 822 g/mol. The van der Waals surface area contributed by atoms with Crippen LogP contribution in [0.4, 0.5) is 18.0 Å². The average Bonchev–Trinajstić information content (AvgIpc) is 4.05. The summed E-state index contributed by atoms with van der Waals surface area (Å²) in [5.74, 6) is -3.95. The third-order valence-electron chi connectivity index (χ3n) is 11.7. The number of hydrogen-bond acceptors (Lipinski definition) is 9. The summed E-state index contributed by atoms with van der Waals surface area (Å²) in [6.07, 6.45) is -1.25. The molecule has 3 heterocycles. The Morgan fingerprint density at radius 1 is 1.11 bits per heavy atom. The second-order valence-electron chi connectivity index (χ2n) is 16.3. The molecule has 2 aliphatic carbocycles. The van der Waals surface area contributed by atoms with Crippen molar-refractivity contribution in [3.05, 3.63) is 42.6 Å². The number of hydrogen-bond donors (Lipinski definition) is 3. The molecule has 2 aromatic rings. The lowest BCUT2D eigenvalue weighted by molar-refractivity contribution is -0.222. The van der Waals surface area contributed by atoms with Crippen molar-refractivity contribution in [2.45, 2.75) is 120 Å². The van der Waals surface area contributed by atoms with Gasteiger partial charge in [-0.2, -0.15) is 13.2 Å². The Morgan fingerprint density at radius 2 is 1.79 bits per heavy atom. The summed E-state index contributed by atoms with van der Waals surface area (Å²) in [5.41, 5.74) is -4.72. The second-order valence-corrected chi connectivity index (χ2v) is 18.3.